The summed E-state index contributed by atoms with van der Waals surface area (Å²) in [6.45, 7) is 8.39. The van der Waals surface area contributed by atoms with Crippen LogP contribution in [0.3, 0.4) is 0 Å². The van der Waals surface area contributed by atoms with E-state index >= 15 is 0 Å². The number of hydrogen-bond acceptors (Lipinski definition) is 2. The molecule has 1 atom stereocenters. The molecule has 0 radical (unpaired) electrons. The van der Waals surface area contributed by atoms with Crippen LogP contribution in [0.2, 0.25) is 0 Å². The molecule has 0 saturated carbocycles. The summed E-state index contributed by atoms with van der Waals surface area (Å²) in [5.41, 5.74) is 0. The Kier molecular flexibility index (Phi) is 9.86. The molecule has 0 aromatic heterocycles. The molecule has 118 valence electrons. The van der Waals surface area contributed by atoms with Crippen LogP contribution in [0, 0.1) is 5.92 Å². The van der Waals surface area contributed by atoms with Gasteiger partial charge in [-0.3, -0.25) is 4.79 Å². The molecule has 0 aliphatic rings. The maximum Gasteiger partial charge on any atom is 0.323 e. The summed E-state index contributed by atoms with van der Waals surface area (Å²) in [6.07, 6.45) is 5.08. The minimum Gasteiger partial charge on any atom is -0.480 e. The van der Waals surface area contributed by atoms with Crippen molar-refractivity contribution >= 4 is 12.0 Å². The van der Waals surface area contributed by atoms with Gasteiger partial charge in [-0.15, -0.1) is 0 Å². The lowest BCUT2D eigenvalue weighted by atomic mass is 10.1. The fourth-order valence-electron chi connectivity index (χ4n) is 2.18. The Labute approximate surface area is 122 Å². The maximum atomic E-state index is 12.2. The Morgan fingerprint density at radius 2 is 1.80 bits per heavy atom. The van der Waals surface area contributed by atoms with Crippen molar-refractivity contribution in [2.24, 2.45) is 5.92 Å². The highest BCUT2D eigenvalue weighted by molar-refractivity contribution is 5.80. The maximum absolute atomic E-state index is 12.2. The second-order valence-corrected chi connectivity index (χ2v) is 5.75. The molecule has 20 heavy (non-hydrogen) atoms. The van der Waals surface area contributed by atoms with Crippen molar-refractivity contribution in [2.45, 2.75) is 65.8 Å². The third-order valence-corrected chi connectivity index (χ3v) is 3.07. The molecule has 0 spiro atoms. The van der Waals surface area contributed by atoms with Crippen LogP contribution in [0.1, 0.15) is 59.8 Å². The number of unbranched alkanes of at least 4 members (excludes halogenated alkanes) is 1. The second-order valence-electron chi connectivity index (χ2n) is 5.75. The minimum absolute atomic E-state index is 0.149. The van der Waals surface area contributed by atoms with E-state index in [-0.39, 0.29) is 24.5 Å². The van der Waals surface area contributed by atoms with E-state index in [0.29, 0.717) is 6.54 Å². The molecule has 5 nitrogen and oxygen atoms in total. The van der Waals surface area contributed by atoms with Crippen molar-refractivity contribution in [2.75, 3.05) is 13.1 Å². The summed E-state index contributed by atoms with van der Waals surface area (Å²) in [7, 11) is 0. The van der Waals surface area contributed by atoms with Crippen LogP contribution in [0.4, 0.5) is 4.79 Å². The highest BCUT2D eigenvalue weighted by atomic mass is 16.4. The average molecular weight is 286 g/mol. The highest BCUT2D eigenvalue weighted by Crippen LogP contribution is 2.08. The van der Waals surface area contributed by atoms with Crippen molar-refractivity contribution in [3.05, 3.63) is 0 Å². The minimum atomic E-state index is -0.971. The summed E-state index contributed by atoms with van der Waals surface area (Å²) in [4.78, 5) is 24.5. The van der Waals surface area contributed by atoms with Crippen LogP contribution in [0.25, 0.3) is 0 Å². The first kappa shape index (κ1) is 18.7. The first-order valence-electron chi connectivity index (χ1n) is 7.67. The summed E-state index contributed by atoms with van der Waals surface area (Å²) in [6, 6.07) is -0.105. The van der Waals surface area contributed by atoms with Crippen molar-refractivity contribution in [3.63, 3.8) is 0 Å². The Balaban J connectivity index is 4.55. The van der Waals surface area contributed by atoms with Crippen molar-refractivity contribution < 1.29 is 14.7 Å². The van der Waals surface area contributed by atoms with Crippen LogP contribution in [0.5, 0.6) is 0 Å². The van der Waals surface area contributed by atoms with Gasteiger partial charge < -0.3 is 15.3 Å². The molecule has 0 rings (SSSR count). The molecular formula is C15H30N2O3. The molecule has 2 amide bonds. The number of urea groups is 1. The van der Waals surface area contributed by atoms with Gasteiger partial charge in [0.25, 0.3) is 0 Å². The van der Waals surface area contributed by atoms with Crippen LogP contribution in [-0.4, -0.2) is 41.1 Å². The van der Waals surface area contributed by atoms with E-state index in [1.165, 1.54) is 4.90 Å². The number of aliphatic carboxylic acids is 1. The number of hydrogen-bond donors (Lipinski definition) is 2. The molecule has 5 heteroatoms. The average Bonchev–Trinajstić information content (AvgIpc) is 2.34. The Hall–Kier alpha value is -1.26. The fourth-order valence-corrected chi connectivity index (χ4v) is 2.18. The number of carbonyl (C=O) groups is 2. The van der Waals surface area contributed by atoms with Gasteiger partial charge >= 0.3 is 12.0 Å². The predicted molar refractivity (Wildman–Crippen MR) is 80.8 cm³/mol. The zero-order valence-electron chi connectivity index (χ0n) is 13.3. The van der Waals surface area contributed by atoms with Crippen LogP contribution < -0.4 is 5.32 Å². The zero-order chi connectivity index (χ0) is 15.5. The van der Waals surface area contributed by atoms with Gasteiger partial charge in [0.2, 0.25) is 0 Å². The van der Waals surface area contributed by atoms with E-state index in [4.69, 9.17) is 5.11 Å². The van der Waals surface area contributed by atoms with E-state index in [1.807, 2.05) is 13.8 Å². The van der Waals surface area contributed by atoms with E-state index in [0.717, 1.165) is 32.1 Å². The number of rotatable bonds is 10. The molecule has 0 aromatic carbocycles. The van der Waals surface area contributed by atoms with E-state index in [1.54, 1.807) is 0 Å². The molecule has 0 aliphatic carbocycles. The van der Waals surface area contributed by atoms with E-state index in [9.17, 15) is 9.59 Å². The molecule has 0 aromatic rings. The van der Waals surface area contributed by atoms with E-state index < -0.39 is 5.97 Å². The number of nitrogens with zero attached hydrogens (tertiary/aromatic N) is 1. The van der Waals surface area contributed by atoms with Crippen molar-refractivity contribution in [3.8, 4) is 0 Å². The summed E-state index contributed by atoms with van der Waals surface area (Å²) < 4.78 is 0. The Bertz CT molecular complexity index is 293. The standard InChI is InChI=1S/C15H30N2O3/c1-5-7-9-13(8-6-2)16-15(20)17(10-12(3)4)11-14(18)19/h12-13H,5-11H2,1-4H3,(H,16,20)(H,18,19). The third-order valence-electron chi connectivity index (χ3n) is 3.07. The smallest absolute Gasteiger partial charge is 0.323 e. The summed E-state index contributed by atoms with van der Waals surface area (Å²) in [5, 5.41) is 11.9. The van der Waals surface area contributed by atoms with Gasteiger partial charge in [-0.05, 0) is 18.8 Å². The summed E-state index contributed by atoms with van der Waals surface area (Å²) >= 11 is 0. The molecule has 0 bridgehead atoms. The molecule has 0 saturated heterocycles. The van der Waals surface area contributed by atoms with Gasteiger partial charge in [0.1, 0.15) is 6.54 Å². The number of carboxylic acids is 1. The molecule has 2 N–H and O–H groups in total. The zero-order valence-corrected chi connectivity index (χ0v) is 13.3. The van der Waals surface area contributed by atoms with Gasteiger partial charge in [-0.1, -0.05) is 47.0 Å². The topological polar surface area (TPSA) is 69.6 Å². The first-order valence-corrected chi connectivity index (χ1v) is 7.67. The molecule has 1 unspecified atom stereocenters. The van der Waals surface area contributed by atoms with Gasteiger partial charge in [-0.25, -0.2) is 4.79 Å². The number of carbonyl (C=O) groups excluding carboxylic acids is 1. The quantitative estimate of drug-likeness (QED) is 0.648. The Morgan fingerprint density at radius 3 is 2.25 bits per heavy atom. The SMILES string of the molecule is CCCCC(CCC)NC(=O)N(CC(=O)O)CC(C)C. The third kappa shape index (κ3) is 8.77. The fraction of sp³-hybridized carbons (Fsp3) is 0.867. The van der Waals surface area contributed by atoms with Gasteiger partial charge in [0.15, 0.2) is 0 Å². The van der Waals surface area contributed by atoms with E-state index in [2.05, 4.69) is 19.2 Å². The van der Waals surface area contributed by atoms with Gasteiger partial charge in [-0.2, -0.15) is 0 Å². The lowest BCUT2D eigenvalue weighted by molar-refractivity contribution is -0.137. The normalized spacial score (nSPS) is 12.2. The Morgan fingerprint density at radius 1 is 1.15 bits per heavy atom. The van der Waals surface area contributed by atoms with Crippen molar-refractivity contribution in [1.82, 2.24) is 10.2 Å². The van der Waals surface area contributed by atoms with Crippen LogP contribution in [0.15, 0.2) is 0 Å². The predicted octanol–water partition coefficient (Wildman–Crippen LogP) is 3.10. The number of amides is 2. The van der Waals surface area contributed by atoms with Crippen LogP contribution >= 0.6 is 0 Å². The molecule has 0 aliphatic heterocycles. The van der Waals surface area contributed by atoms with Gasteiger partial charge in [0.05, 0.1) is 0 Å². The number of carboxylic acid groups (broad SMARTS) is 1. The molecule has 0 heterocycles. The second kappa shape index (κ2) is 10.5. The lowest BCUT2D eigenvalue weighted by Crippen LogP contribution is -2.48. The summed E-state index contributed by atoms with van der Waals surface area (Å²) in [5.74, 6) is -0.721. The highest BCUT2D eigenvalue weighted by Gasteiger charge is 2.20. The molecular weight excluding hydrogens is 256 g/mol. The first-order chi connectivity index (χ1) is 9.40. The number of nitrogens with one attached hydrogen (secondary N) is 1. The molecule has 0 fully saturated rings. The van der Waals surface area contributed by atoms with Gasteiger partial charge in [0, 0.05) is 12.6 Å². The van der Waals surface area contributed by atoms with Crippen molar-refractivity contribution in [1.29, 1.82) is 0 Å². The monoisotopic (exact) mass is 286 g/mol. The largest absolute Gasteiger partial charge is 0.480 e. The van der Waals surface area contributed by atoms with Crippen LogP contribution in [-0.2, 0) is 4.79 Å². The lowest BCUT2D eigenvalue weighted by Gasteiger charge is -2.26.